The molecule has 0 bridgehead atoms. The van der Waals surface area contributed by atoms with Crippen LogP contribution in [0.25, 0.3) is 0 Å². The molecule has 5 nitrogen and oxygen atoms in total. The number of thiophene rings is 1. The Morgan fingerprint density at radius 3 is 2.61 bits per heavy atom. The first-order valence-corrected chi connectivity index (χ1v) is 8.49. The fourth-order valence-corrected chi connectivity index (χ4v) is 3.91. The summed E-state index contributed by atoms with van der Waals surface area (Å²) in [5.74, 6) is -2.88. The maximum absolute atomic E-state index is 13.0. The lowest BCUT2D eigenvalue weighted by atomic mass is 9.75. The summed E-state index contributed by atoms with van der Waals surface area (Å²) in [5, 5.41) is 6.93. The van der Waals surface area contributed by atoms with Crippen LogP contribution in [0.1, 0.15) is 35.4 Å². The summed E-state index contributed by atoms with van der Waals surface area (Å²) in [6.07, 6.45) is 3.61. The molecule has 1 aliphatic carbocycles. The van der Waals surface area contributed by atoms with E-state index in [1.807, 2.05) is 11.4 Å². The number of rotatable bonds is 3. The number of hydrogen-bond acceptors (Lipinski definition) is 4. The molecule has 2 N–H and O–H groups in total. The molecule has 2 heterocycles. The fourth-order valence-electron chi connectivity index (χ4n) is 3.28. The minimum Gasteiger partial charge on any atom is -0.349 e. The number of hydrogen-bond donors (Lipinski definition) is 2. The third-order valence-corrected chi connectivity index (χ3v) is 5.29. The summed E-state index contributed by atoms with van der Waals surface area (Å²) in [7, 11) is 0. The van der Waals surface area contributed by atoms with Gasteiger partial charge >= 0.3 is 0 Å². The predicted molar refractivity (Wildman–Crippen MR) is 83.4 cm³/mol. The van der Waals surface area contributed by atoms with Gasteiger partial charge in [-0.2, -0.15) is 4.39 Å². The van der Waals surface area contributed by atoms with Gasteiger partial charge in [-0.3, -0.25) is 14.4 Å². The second-order valence-electron chi connectivity index (χ2n) is 5.92. The number of carbonyl (C=O) groups excluding carboxylic acids is 3. The topological polar surface area (TPSA) is 75.3 Å². The first-order valence-electron chi connectivity index (χ1n) is 7.61. The minimum atomic E-state index is -0.881. The monoisotopic (exact) mass is 336 g/mol. The van der Waals surface area contributed by atoms with E-state index in [2.05, 4.69) is 10.6 Å². The SMILES string of the molecule is O=C(NC1CCC(C2C(=O)C=C(F)NC2=O)CC1)c1cccs1. The molecule has 0 spiro atoms. The van der Waals surface area contributed by atoms with Gasteiger partial charge in [0.2, 0.25) is 5.91 Å². The van der Waals surface area contributed by atoms with E-state index in [0.29, 0.717) is 30.6 Å². The summed E-state index contributed by atoms with van der Waals surface area (Å²) in [4.78, 5) is 36.4. The molecule has 0 radical (unpaired) electrons. The first-order chi connectivity index (χ1) is 11.0. The highest BCUT2D eigenvalue weighted by Crippen LogP contribution is 2.33. The number of allylic oxidation sites excluding steroid dienone is 1. The van der Waals surface area contributed by atoms with Crippen LogP contribution in [0.15, 0.2) is 29.5 Å². The molecule has 2 amide bonds. The number of nitrogens with one attached hydrogen (secondary N) is 2. The van der Waals surface area contributed by atoms with Gasteiger partial charge in [-0.25, -0.2) is 0 Å². The highest BCUT2D eigenvalue weighted by atomic mass is 32.1. The van der Waals surface area contributed by atoms with Crippen molar-refractivity contribution in [3.05, 3.63) is 34.4 Å². The van der Waals surface area contributed by atoms with Crippen molar-refractivity contribution in [2.75, 3.05) is 0 Å². The van der Waals surface area contributed by atoms with Crippen LogP contribution in [-0.4, -0.2) is 23.6 Å². The van der Waals surface area contributed by atoms with Gasteiger partial charge in [0, 0.05) is 12.1 Å². The number of carbonyl (C=O) groups is 3. The van der Waals surface area contributed by atoms with E-state index in [1.54, 1.807) is 6.07 Å². The van der Waals surface area contributed by atoms with Gasteiger partial charge in [-0.1, -0.05) is 6.07 Å². The van der Waals surface area contributed by atoms with E-state index < -0.39 is 23.6 Å². The Morgan fingerprint density at radius 1 is 1.26 bits per heavy atom. The van der Waals surface area contributed by atoms with Gasteiger partial charge in [0.25, 0.3) is 5.91 Å². The Labute approximate surface area is 136 Å². The van der Waals surface area contributed by atoms with E-state index in [0.717, 1.165) is 6.08 Å². The molecule has 7 heteroatoms. The molecular weight excluding hydrogens is 319 g/mol. The Balaban J connectivity index is 1.55. The van der Waals surface area contributed by atoms with Crippen LogP contribution in [-0.2, 0) is 9.59 Å². The lowest BCUT2D eigenvalue weighted by molar-refractivity contribution is -0.135. The van der Waals surface area contributed by atoms with Crippen LogP contribution in [0.4, 0.5) is 4.39 Å². The van der Waals surface area contributed by atoms with Crippen molar-refractivity contribution in [2.45, 2.75) is 31.7 Å². The van der Waals surface area contributed by atoms with Crippen molar-refractivity contribution in [3.63, 3.8) is 0 Å². The van der Waals surface area contributed by atoms with E-state index in [9.17, 15) is 18.8 Å². The Hall–Kier alpha value is -2.02. The van der Waals surface area contributed by atoms with Gasteiger partial charge < -0.3 is 10.6 Å². The van der Waals surface area contributed by atoms with Crippen LogP contribution < -0.4 is 10.6 Å². The summed E-state index contributed by atoms with van der Waals surface area (Å²) in [6, 6.07) is 3.66. The fraction of sp³-hybridized carbons (Fsp3) is 0.438. The zero-order valence-electron chi connectivity index (χ0n) is 12.4. The van der Waals surface area contributed by atoms with Crippen molar-refractivity contribution >= 4 is 28.9 Å². The first kappa shape index (κ1) is 15.9. The van der Waals surface area contributed by atoms with Crippen LogP contribution >= 0.6 is 11.3 Å². The molecule has 122 valence electrons. The third kappa shape index (κ3) is 3.50. The Kier molecular flexibility index (Phi) is 4.56. The zero-order chi connectivity index (χ0) is 16.4. The second-order valence-corrected chi connectivity index (χ2v) is 6.87. The van der Waals surface area contributed by atoms with E-state index in [-0.39, 0.29) is 17.9 Å². The highest BCUT2D eigenvalue weighted by Gasteiger charge is 2.39. The summed E-state index contributed by atoms with van der Waals surface area (Å²) >= 11 is 1.39. The molecule has 0 saturated heterocycles. The zero-order valence-corrected chi connectivity index (χ0v) is 13.2. The van der Waals surface area contributed by atoms with Crippen molar-refractivity contribution in [1.82, 2.24) is 10.6 Å². The maximum atomic E-state index is 13.0. The van der Waals surface area contributed by atoms with Crippen LogP contribution in [0.2, 0.25) is 0 Å². The maximum Gasteiger partial charge on any atom is 0.261 e. The molecule has 1 unspecified atom stereocenters. The van der Waals surface area contributed by atoms with Crippen LogP contribution in [0.5, 0.6) is 0 Å². The Morgan fingerprint density at radius 2 is 2.00 bits per heavy atom. The molecule has 0 aromatic carbocycles. The summed E-state index contributed by atoms with van der Waals surface area (Å²) < 4.78 is 13.0. The molecule has 1 atom stereocenters. The van der Waals surface area contributed by atoms with Gasteiger partial charge in [0.1, 0.15) is 5.92 Å². The van der Waals surface area contributed by atoms with Gasteiger partial charge in [0.15, 0.2) is 11.7 Å². The minimum absolute atomic E-state index is 0.0508. The predicted octanol–water partition coefficient (Wildman–Crippen LogP) is 2.16. The average Bonchev–Trinajstić information content (AvgIpc) is 3.02. The van der Waals surface area contributed by atoms with Crippen LogP contribution in [0.3, 0.4) is 0 Å². The number of amides is 2. The molecule has 2 aliphatic rings. The van der Waals surface area contributed by atoms with E-state index in [1.165, 1.54) is 11.3 Å². The van der Waals surface area contributed by atoms with Crippen LogP contribution in [0, 0.1) is 11.8 Å². The largest absolute Gasteiger partial charge is 0.349 e. The Bertz CT molecular complexity index is 648. The molecule has 1 aromatic rings. The summed E-state index contributed by atoms with van der Waals surface area (Å²) in [5.41, 5.74) is 0. The summed E-state index contributed by atoms with van der Waals surface area (Å²) in [6.45, 7) is 0. The van der Waals surface area contributed by atoms with Gasteiger partial charge in [0.05, 0.1) is 4.88 Å². The standard InChI is InChI=1S/C16H17FN2O3S/c17-13-8-11(20)14(16(22)19-13)9-3-5-10(6-4-9)18-15(21)12-2-1-7-23-12/h1-2,7-10,14H,3-6H2,(H,18,21)(H,19,22). The average molecular weight is 336 g/mol. The molecule has 1 aromatic heterocycles. The third-order valence-electron chi connectivity index (χ3n) is 4.42. The molecule has 3 rings (SSSR count). The quantitative estimate of drug-likeness (QED) is 0.656. The lowest BCUT2D eigenvalue weighted by Gasteiger charge is -2.33. The van der Waals surface area contributed by atoms with Crippen molar-refractivity contribution in [2.24, 2.45) is 11.8 Å². The smallest absolute Gasteiger partial charge is 0.261 e. The molecule has 1 fully saturated rings. The van der Waals surface area contributed by atoms with Crippen molar-refractivity contribution < 1.29 is 18.8 Å². The molecular formula is C16H17FN2O3S. The van der Waals surface area contributed by atoms with E-state index >= 15 is 0 Å². The second kappa shape index (κ2) is 6.62. The lowest BCUT2D eigenvalue weighted by Crippen LogP contribution is -2.45. The normalized spacial score (nSPS) is 28.0. The molecule has 1 saturated carbocycles. The van der Waals surface area contributed by atoms with Crippen molar-refractivity contribution in [1.29, 1.82) is 0 Å². The van der Waals surface area contributed by atoms with E-state index in [4.69, 9.17) is 0 Å². The van der Waals surface area contributed by atoms with Gasteiger partial charge in [-0.15, -0.1) is 11.3 Å². The number of halogens is 1. The highest BCUT2D eigenvalue weighted by molar-refractivity contribution is 7.12. The van der Waals surface area contributed by atoms with Crippen molar-refractivity contribution in [3.8, 4) is 0 Å². The van der Waals surface area contributed by atoms with Gasteiger partial charge in [-0.05, 0) is 43.0 Å². The molecule has 1 aliphatic heterocycles. The number of ketones is 1. The molecule has 23 heavy (non-hydrogen) atoms.